The molecule has 3 atom stereocenters. The van der Waals surface area contributed by atoms with Gasteiger partial charge >= 0.3 is 0 Å². The first-order valence-corrected chi connectivity index (χ1v) is 9.29. The van der Waals surface area contributed by atoms with Crippen LogP contribution in [0.2, 0.25) is 0 Å². The van der Waals surface area contributed by atoms with Crippen LogP contribution in [0.25, 0.3) is 0 Å². The van der Waals surface area contributed by atoms with Crippen LogP contribution < -0.4 is 5.73 Å². The monoisotopic (exact) mass is 351 g/mol. The Morgan fingerprint density at radius 1 is 1.12 bits per heavy atom. The fourth-order valence-electron chi connectivity index (χ4n) is 4.20. The molecule has 6 nitrogen and oxygen atoms in total. The van der Waals surface area contributed by atoms with E-state index in [1.54, 1.807) is 18.6 Å². The number of carbonyl (C=O) groups excluding carboxylic acids is 1. The molecule has 2 saturated heterocycles. The molecule has 0 bridgehead atoms. The molecule has 3 heterocycles. The first kappa shape index (κ1) is 17.1. The van der Waals surface area contributed by atoms with Gasteiger partial charge < -0.3 is 15.5 Å². The van der Waals surface area contributed by atoms with Gasteiger partial charge in [0.25, 0.3) is 5.91 Å². The minimum absolute atomic E-state index is 0.00477. The lowest BCUT2D eigenvalue weighted by Crippen LogP contribution is -2.34. The molecule has 0 aliphatic carbocycles. The van der Waals surface area contributed by atoms with Crippen LogP contribution in [0.3, 0.4) is 0 Å². The summed E-state index contributed by atoms with van der Waals surface area (Å²) in [7, 11) is 0. The maximum absolute atomic E-state index is 12.5. The molecule has 26 heavy (non-hydrogen) atoms. The Kier molecular flexibility index (Phi) is 4.95. The Hall–Kier alpha value is -2.31. The molecule has 2 fully saturated rings. The molecule has 0 radical (unpaired) electrons. The predicted octanol–water partition coefficient (Wildman–Crippen LogP) is 1.57. The Bertz CT molecular complexity index is 724. The lowest BCUT2D eigenvalue weighted by atomic mass is 10.0. The normalized spacial score (nSPS) is 23.8. The van der Waals surface area contributed by atoms with E-state index in [1.807, 2.05) is 23.1 Å². The first-order valence-electron chi connectivity index (χ1n) is 9.29. The quantitative estimate of drug-likeness (QED) is 0.885. The van der Waals surface area contributed by atoms with Gasteiger partial charge in [0.1, 0.15) is 5.69 Å². The van der Waals surface area contributed by atoms with Gasteiger partial charge in [-0.05, 0) is 30.4 Å². The standard InChI is InChI=1S/C20H25N5O/c21-18(15-4-2-1-3-5-15)6-9-24-11-16-13-25(14-17(16)12-24)20(26)19-10-22-7-8-23-19/h1-5,7-8,10,16-18H,6,9,11-14,21H2/t16?,17?,18-/m0/s1. The summed E-state index contributed by atoms with van der Waals surface area (Å²) in [6.45, 7) is 4.76. The fraction of sp³-hybridized carbons (Fsp3) is 0.450. The highest BCUT2D eigenvalue weighted by molar-refractivity contribution is 5.92. The summed E-state index contributed by atoms with van der Waals surface area (Å²) in [5, 5.41) is 0. The van der Waals surface area contributed by atoms with Crippen molar-refractivity contribution in [1.29, 1.82) is 0 Å². The van der Waals surface area contributed by atoms with Crippen molar-refractivity contribution in [1.82, 2.24) is 19.8 Å². The molecule has 0 saturated carbocycles. The molecule has 2 aliphatic rings. The van der Waals surface area contributed by atoms with Gasteiger partial charge in [0.2, 0.25) is 0 Å². The Labute approximate surface area is 154 Å². The highest BCUT2D eigenvalue weighted by atomic mass is 16.2. The zero-order valence-corrected chi connectivity index (χ0v) is 14.9. The number of fused-ring (bicyclic) bond motifs is 1. The van der Waals surface area contributed by atoms with E-state index in [4.69, 9.17) is 5.73 Å². The molecule has 2 N–H and O–H groups in total. The van der Waals surface area contributed by atoms with Crippen molar-refractivity contribution in [3.63, 3.8) is 0 Å². The van der Waals surface area contributed by atoms with E-state index < -0.39 is 0 Å². The summed E-state index contributed by atoms with van der Waals surface area (Å²) in [6, 6.07) is 10.4. The van der Waals surface area contributed by atoms with E-state index in [1.165, 1.54) is 5.56 Å². The van der Waals surface area contributed by atoms with Gasteiger partial charge in [-0.15, -0.1) is 0 Å². The van der Waals surface area contributed by atoms with Crippen LogP contribution in [-0.4, -0.2) is 58.4 Å². The van der Waals surface area contributed by atoms with Crippen molar-refractivity contribution in [2.75, 3.05) is 32.7 Å². The van der Waals surface area contributed by atoms with Gasteiger partial charge in [0, 0.05) is 44.6 Å². The average molecular weight is 351 g/mol. The maximum atomic E-state index is 12.5. The van der Waals surface area contributed by atoms with E-state index in [-0.39, 0.29) is 11.9 Å². The number of aromatic nitrogens is 2. The number of nitrogens with two attached hydrogens (primary N) is 1. The number of rotatable bonds is 5. The van der Waals surface area contributed by atoms with Crippen molar-refractivity contribution in [3.8, 4) is 0 Å². The second kappa shape index (κ2) is 7.51. The third-order valence-corrected chi connectivity index (χ3v) is 5.62. The van der Waals surface area contributed by atoms with Crippen molar-refractivity contribution >= 4 is 5.91 Å². The van der Waals surface area contributed by atoms with Crippen LogP contribution in [0.15, 0.2) is 48.9 Å². The lowest BCUT2D eigenvalue weighted by molar-refractivity contribution is 0.0767. The molecular weight excluding hydrogens is 326 g/mol. The van der Waals surface area contributed by atoms with E-state index in [9.17, 15) is 4.79 Å². The second-order valence-corrected chi connectivity index (χ2v) is 7.39. The number of amides is 1. The third kappa shape index (κ3) is 3.61. The molecule has 6 heteroatoms. The summed E-state index contributed by atoms with van der Waals surface area (Å²) < 4.78 is 0. The highest BCUT2D eigenvalue weighted by Gasteiger charge is 2.41. The molecule has 1 aromatic carbocycles. The fourth-order valence-corrected chi connectivity index (χ4v) is 4.20. The van der Waals surface area contributed by atoms with Crippen LogP contribution in [0.4, 0.5) is 0 Å². The number of carbonyl (C=O) groups is 1. The van der Waals surface area contributed by atoms with Gasteiger partial charge in [-0.3, -0.25) is 9.78 Å². The van der Waals surface area contributed by atoms with Crippen LogP contribution in [-0.2, 0) is 0 Å². The highest BCUT2D eigenvalue weighted by Crippen LogP contribution is 2.32. The molecule has 4 rings (SSSR count). The zero-order chi connectivity index (χ0) is 17.9. The Morgan fingerprint density at radius 2 is 1.85 bits per heavy atom. The molecule has 2 aromatic rings. The molecule has 2 unspecified atom stereocenters. The number of benzene rings is 1. The van der Waals surface area contributed by atoms with E-state index in [2.05, 4.69) is 27.0 Å². The molecular formula is C20H25N5O. The molecule has 1 aromatic heterocycles. The van der Waals surface area contributed by atoms with Crippen molar-refractivity contribution in [3.05, 3.63) is 60.2 Å². The van der Waals surface area contributed by atoms with E-state index >= 15 is 0 Å². The largest absolute Gasteiger partial charge is 0.337 e. The lowest BCUT2D eigenvalue weighted by Gasteiger charge is -2.22. The Morgan fingerprint density at radius 3 is 2.50 bits per heavy atom. The van der Waals surface area contributed by atoms with Crippen LogP contribution >= 0.6 is 0 Å². The number of nitrogens with zero attached hydrogens (tertiary/aromatic N) is 4. The first-order chi connectivity index (χ1) is 12.7. The Balaban J connectivity index is 1.27. The SMILES string of the molecule is N[C@@H](CCN1CC2CN(C(=O)c3cnccn3)CC2C1)c1ccccc1. The minimum Gasteiger partial charge on any atom is -0.337 e. The van der Waals surface area contributed by atoms with E-state index in [0.717, 1.165) is 39.1 Å². The number of likely N-dealkylation sites (tertiary alicyclic amines) is 2. The summed E-state index contributed by atoms with van der Waals surface area (Å²) in [5.74, 6) is 1.12. The molecule has 1 amide bonds. The number of hydrogen-bond acceptors (Lipinski definition) is 5. The van der Waals surface area contributed by atoms with Crippen LogP contribution in [0.5, 0.6) is 0 Å². The molecule has 136 valence electrons. The van der Waals surface area contributed by atoms with Crippen molar-refractivity contribution < 1.29 is 4.79 Å². The van der Waals surface area contributed by atoms with Crippen molar-refractivity contribution in [2.45, 2.75) is 12.5 Å². The summed E-state index contributed by atoms with van der Waals surface area (Å²) in [6.07, 6.45) is 5.68. The zero-order valence-electron chi connectivity index (χ0n) is 14.9. The summed E-state index contributed by atoms with van der Waals surface area (Å²) in [5.41, 5.74) is 7.97. The number of hydrogen-bond donors (Lipinski definition) is 1. The third-order valence-electron chi connectivity index (χ3n) is 5.62. The van der Waals surface area contributed by atoms with Crippen LogP contribution in [0.1, 0.15) is 28.5 Å². The summed E-state index contributed by atoms with van der Waals surface area (Å²) in [4.78, 5) is 25.1. The summed E-state index contributed by atoms with van der Waals surface area (Å²) >= 11 is 0. The van der Waals surface area contributed by atoms with E-state index in [0.29, 0.717) is 17.5 Å². The predicted molar refractivity (Wildman–Crippen MR) is 99.3 cm³/mol. The van der Waals surface area contributed by atoms with Gasteiger partial charge in [-0.25, -0.2) is 4.98 Å². The second-order valence-electron chi connectivity index (χ2n) is 7.39. The smallest absolute Gasteiger partial charge is 0.274 e. The van der Waals surface area contributed by atoms with Crippen molar-refractivity contribution in [2.24, 2.45) is 17.6 Å². The van der Waals surface area contributed by atoms with Gasteiger partial charge in [0.05, 0.1) is 6.20 Å². The van der Waals surface area contributed by atoms with Gasteiger partial charge in [0.15, 0.2) is 0 Å². The molecule has 2 aliphatic heterocycles. The minimum atomic E-state index is 0.00477. The average Bonchev–Trinajstić information content (AvgIpc) is 3.25. The molecule has 0 spiro atoms. The maximum Gasteiger partial charge on any atom is 0.274 e. The van der Waals surface area contributed by atoms with Gasteiger partial charge in [-0.1, -0.05) is 30.3 Å². The van der Waals surface area contributed by atoms with Crippen LogP contribution in [0, 0.1) is 11.8 Å². The topological polar surface area (TPSA) is 75.3 Å². The van der Waals surface area contributed by atoms with Gasteiger partial charge in [-0.2, -0.15) is 0 Å².